The van der Waals surface area contributed by atoms with Gasteiger partial charge in [-0.25, -0.2) is 4.39 Å². The topological polar surface area (TPSA) is 77.9 Å². The number of carboxylic acid groups (broad SMARTS) is 1. The van der Waals surface area contributed by atoms with Crippen molar-refractivity contribution in [3.8, 4) is 0 Å². The van der Waals surface area contributed by atoms with Gasteiger partial charge in [0.2, 0.25) is 5.91 Å². The van der Waals surface area contributed by atoms with Gasteiger partial charge in [-0.05, 0) is 25.0 Å². The molecule has 0 bridgehead atoms. The van der Waals surface area contributed by atoms with Gasteiger partial charge in [0.25, 0.3) is 5.91 Å². The number of carboxylic acids is 1. The van der Waals surface area contributed by atoms with Crippen LogP contribution in [0.3, 0.4) is 0 Å². The Labute approximate surface area is 143 Å². The first-order chi connectivity index (χ1) is 11.3. The molecular formula is C16H18ClFN2O4. The van der Waals surface area contributed by atoms with Crippen LogP contribution in [0.2, 0.25) is 5.02 Å². The van der Waals surface area contributed by atoms with Crippen molar-refractivity contribution in [3.05, 3.63) is 34.6 Å². The van der Waals surface area contributed by atoms with E-state index in [2.05, 4.69) is 0 Å². The van der Waals surface area contributed by atoms with E-state index in [-0.39, 0.29) is 29.6 Å². The number of hydrogen-bond acceptors (Lipinski definition) is 3. The lowest BCUT2D eigenvalue weighted by Gasteiger charge is -2.32. The third-order valence-corrected chi connectivity index (χ3v) is 4.41. The van der Waals surface area contributed by atoms with Gasteiger partial charge in [-0.2, -0.15) is 0 Å². The molecule has 24 heavy (non-hydrogen) atoms. The number of rotatable bonds is 4. The molecule has 0 saturated carbocycles. The van der Waals surface area contributed by atoms with Gasteiger partial charge in [-0.15, -0.1) is 0 Å². The van der Waals surface area contributed by atoms with Crippen LogP contribution in [0.5, 0.6) is 0 Å². The second-order valence-electron chi connectivity index (χ2n) is 5.78. The van der Waals surface area contributed by atoms with Gasteiger partial charge in [-0.3, -0.25) is 14.4 Å². The lowest BCUT2D eigenvalue weighted by Crippen LogP contribution is -2.46. The van der Waals surface area contributed by atoms with Crippen LogP contribution in [-0.4, -0.2) is 59.4 Å². The summed E-state index contributed by atoms with van der Waals surface area (Å²) < 4.78 is 13.4. The molecule has 8 heteroatoms. The summed E-state index contributed by atoms with van der Waals surface area (Å²) in [4.78, 5) is 38.3. The van der Waals surface area contributed by atoms with Crippen molar-refractivity contribution in [2.45, 2.75) is 12.8 Å². The number of piperidine rings is 1. The Hall–Kier alpha value is -2.15. The maximum Gasteiger partial charge on any atom is 0.308 e. The van der Waals surface area contributed by atoms with Gasteiger partial charge < -0.3 is 14.9 Å². The van der Waals surface area contributed by atoms with Crippen molar-refractivity contribution >= 4 is 29.4 Å². The Balaban J connectivity index is 2.02. The Kier molecular flexibility index (Phi) is 5.77. The van der Waals surface area contributed by atoms with Gasteiger partial charge in [0.15, 0.2) is 0 Å². The number of likely N-dealkylation sites (N-methyl/N-ethyl adjacent to an activating group) is 1. The molecule has 1 heterocycles. The maximum absolute atomic E-state index is 13.4. The predicted molar refractivity (Wildman–Crippen MR) is 85.3 cm³/mol. The molecule has 1 unspecified atom stereocenters. The van der Waals surface area contributed by atoms with Crippen molar-refractivity contribution in [2.75, 3.05) is 26.7 Å². The van der Waals surface area contributed by atoms with E-state index in [4.69, 9.17) is 16.7 Å². The molecule has 130 valence electrons. The third kappa shape index (κ3) is 4.03. The van der Waals surface area contributed by atoms with E-state index in [1.54, 1.807) is 0 Å². The zero-order valence-electron chi connectivity index (χ0n) is 13.2. The lowest BCUT2D eigenvalue weighted by atomic mass is 9.98. The molecule has 1 N–H and O–H groups in total. The number of amides is 2. The van der Waals surface area contributed by atoms with Crippen LogP contribution in [0.4, 0.5) is 4.39 Å². The fourth-order valence-electron chi connectivity index (χ4n) is 2.65. The lowest BCUT2D eigenvalue weighted by molar-refractivity contribution is -0.145. The summed E-state index contributed by atoms with van der Waals surface area (Å²) in [6.45, 7) is 0.375. The molecule has 1 atom stereocenters. The van der Waals surface area contributed by atoms with Crippen LogP contribution in [-0.2, 0) is 9.59 Å². The maximum atomic E-state index is 13.4. The fraction of sp³-hybridized carbons (Fsp3) is 0.438. The minimum atomic E-state index is -0.927. The highest BCUT2D eigenvalue weighted by atomic mass is 35.5. The number of carbonyl (C=O) groups is 3. The second kappa shape index (κ2) is 7.61. The average Bonchev–Trinajstić information content (AvgIpc) is 2.56. The number of benzene rings is 1. The smallest absolute Gasteiger partial charge is 0.308 e. The summed E-state index contributed by atoms with van der Waals surface area (Å²) in [5.41, 5.74) is -0.0194. The Morgan fingerprint density at radius 2 is 2.12 bits per heavy atom. The van der Waals surface area contributed by atoms with E-state index in [1.807, 2.05) is 0 Å². The van der Waals surface area contributed by atoms with Crippen molar-refractivity contribution in [1.29, 1.82) is 0 Å². The molecule has 1 aromatic rings. The van der Waals surface area contributed by atoms with Gasteiger partial charge in [0, 0.05) is 20.1 Å². The van der Waals surface area contributed by atoms with E-state index < -0.39 is 23.6 Å². The quantitative estimate of drug-likeness (QED) is 0.893. The summed E-state index contributed by atoms with van der Waals surface area (Å²) in [5, 5.41) is 8.77. The molecule has 0 aromatic heterocycles. The van der Waals surface area contributed by atoms with E-state index in [9.17, 15) is 18.8 Å². The first-order valence-electron chi connectivity index (χ1n) is 7.51. The van der Waals surface area contributed by atoms with Crippen molar-refractivity contribution in [3.63, 3.8) is 0 Å². The summed E-state index contributed by atoms with van der Waals surface area (Å²) in [6, 6.07) is 3.90. The molecule has 6 nitrogen and oxygen atoms in total. The van der Waals surface area contributed by atoms with Crippen molar-refractivity contribution in [1.82, 2.24) is 9.80 Å². The molecule has 0 aliphatic carbocycles. The molecule has 0 radical (unpaired) electrons. The number of halogens is 2. The first kappa shape index (κ1) is 18.2. The van der Waals surface area contributed by atoms with Gasteiger partial charge >= 0.3 is 5.97 Å². The third-order valence-electron chi connectivity index (χ3n) is 4.02. The van der Waals surface area contributed by atoms with E-state index in [1.165, 1.54) is 24.1 Å². The Morgan fingerprint density at radius 3 is 2.79 bits per heavy atom. The minimum absolute atomic E-state index is 0.0194. The zero-order valence-corrected chi connectivity index (χ0v) is 13.9. The predicted octanol–water partition coefficient (Wildman–Crippen LogP) is 1.87. The molecule has 2 amide bonds. The van der Waals surface area contributed by atoms with Crippen LogP contribution in [0, 0.1) is 11.7 Å². The molecule has 1 aliphatic rings. The minimum Gasteiger partial charge on any atom is -0.481 e. The van der Waals surface area contributed by atoms with Crippen LogP contribution < -0.4 is 0 Å². The number of nitrogens with zero attached hydrogens (tertiary/aromatic N) is 2. The van der Waals surface area contributed by atoms with Crippen molar-refractivity contribution < 1.29 is 23.9 Å². The van der Waals surface area contributed by atoms with E-state index >= 15 is 0 Å². The number of aliphatic carboxylic acids is 1. The van der Waals surface area contributed by atoms with Gasteiger partial charge in [-0.1, -0.05) is 17.7 Å². The number of carbonyl (C=O) groups excluding carboxylic acids is 2. The molecule has 1 aromatic carbocycles. The number of hydrogen-bond donors (Lipinski definition) is 1. The van der Waals surface area contributed by atoms with Crippen LogP contribution >= 0.6 is 11.6 Å². The molecule has 2 rings (SSSR count). The Morgan fingerprint density at radius 1 is 1.42 bits per heavy atom. The summed E-state index contributed by atoms with van der Waals surface area (Å²) in [6.07, 6.45) is 1.14. The summed E-state index contributed by atoms with van der Waals surface area (Å²) >= 11 is 5.79. The summed E-state index contributed by atoms with van der Waals surface area (Å²) in [5.74, 6) is -3.13. The van der Waals surface area contributed by atoms with Gasteiger partial charge in [0.1, 0.15) is 5.82 Å². The zero-order chi connectivity index (χ0) is 17.9. The Bertz CT molecular complexity index is 667. The largest absolute Gasteiger partial charge is 0.481 e. The van der Waals surface area contributed by atoms with Crippen LogP contribution in [0.1, 0.15) is 23.2 Å². The SMILES string of the molecule is CN(CC(=O)N1CCCC(C(=O)O)C1)C(=O)c1cccc(F)c1Cl. The van der Waals surface area contributed by atoms with E-state index in [0.29, 0.717) is 19.4 Å². The van der Waals surface area contributed by atoms with Crippen LogP contribution in [0.25, 0.3) is 0 Å². The monoisotopic (exact) mass is 356 g/mol. The molecule has 0 spiro atoms. The molecule has 1 fully saturated rings. The highest BCUT2D eigenvalue weighted by molar-refractivity contribution is 6.34. The molecular weight excluding hydrogens is 339 g/mol. The highest BCUT2D eigenvalue weighted by Crippen LogP contribution is 2.21. The van der Waals surface area contributed by atoms with Gasteiger partial charge in [0.05, 0.1) is 23.0 Å². The fourth-order valence-corrected chi connectivity index (χ4v) is 2.86. The average molecular weight is 357 g/mol. The standard InChI is InChI=1S/C16H18ClFN2O4/c1-19(15(22)11-5-2-6-12(18)14(11)17)9-13(21)20-7-3-4-10(8-20)16(23)24/h2,5-6,10H,3-4,7-9H2,1H3,(H,23,24). The highest BCUT2D eigenvalue weighted by Gasteiger charge is 2.29. The molecule has 1 saturated heterocycles. The van der Waals surface area contributed by atoms with Crippen LogP contribution in [0.15, 0.2) is 18.2 Å². The second-order valence-corrected chi connectivity index (χ2v) is 6.16. The normalized spacial score (nSPS) is 17.5. The molecule has 1 aliphatic heterocycles. The summed E-state index contributed by atoms with van der Waals surface area (Å²) in [7, 11) is 1.42. The first-order valence-corrected chi connectivity index (χ1v) is 7.89. The van der Waals surface area contributed by atoms with E-state index in [0.717, 1.165) is 11.0 Å². The van der Waals surface area contributed by atoms with Crippen molar-refractivity contribution in [2.24, 2.45) is 5.92 Å². The number of likely N-dealkylation sites (tertiary alicyclic amines) is 1.